The van der Waals surface area contributed by atoms with Crippen LogP contribution < -0.4 is 5.32 Å². The van der Waals surface area contributed by atoms with Crippen molar-refractivity contribution in [3.63, 3.8) is 0 Å². The number of hydrogen-bond acceptors (Lipinski definition) is 4. The van der Waals surface area contributed by atoms with Crippen molar-refractivity contribution >= 4 is 11.7 Å². The summed E-state index contributed by atoms with van der Waals surface area (Å²) >= 11 is 0. The van der Waals surface area contributed by atoms with E-state index in [9.17, 15) is 4.79 Å². The van der Waals surface area contributed by atoms with Gasteiger partial charge in [-0.2, -0.15) is 0 Å². The van der Waals surface area contributed by atoms with Crippen LogP contribution in [0.3, 0.4) is 0 Å². The van der Waals surface area contributed by atoms with Gasteiger partial charge >= 0.3 is 0 Å². The van der Waals surface area contributed by atoms with E-state index in [0.717, 1.165) is 38.4 Å². The zero-order chi connectivity index (χ0) is 13.0. The molecule has 0 radical (unpaired) electrons. The van der Waals surface area contributed by atoms with E-state index in [1.54, 1.807) is 6.20 Å². The Morgan fingerprint density at radius 1 is 1.28 bits per heavy atom. The summed E-state index contributed by atoms with van der Waals surface area (Å²) in [5, 5.41) is 2.95. The molecule has 0 bridgehead atoms. The molecule has 1 aromatic heterocycles. The number of aromatic nitrogens is 1. The van der Waals surface area contributed by atoms with Gasteiger partial charge in [-0.3, -0.25) is 4.79 Å². The molecule has 18 heavy (non-hydrogen) atoms. The van der Waals surface area contributed by atoms with Crippen LogP contribution in [0.15, 0.2) is 18.3 Å². The predicted molar refractivity (Wildman–Crippen MR) is 71.8 cm³/mol. The van der Waals surface area contributed by atoms with Crippen LogP contribution in [0.2, 0.25) is 0 Å². The summed E-state index contributed by atoms with van der Waals surface area (Å²) in [5.41, 5.74) is 0.665. The summed E-state index contributed by atoms with van der Waals surface area (Å²) in [7, 11) is 3.91. The number of nitrogens with zero attached hydrogens (tertiary/aromatic N) is 3. The highest BCUT2D eigenvalue weighted by Crippen LogP contribution is 2.10. The molecular weight excluding hydrogens is 228 g/mol. The Morgan fingerprint density at radius 2 is 2.11 bits per heavy atom. The van der Waals surface area contributed by atoms with Crippen molar-refractivity contribution in [2.75, 3.05) is 45.6 Å². The number of carbonyl (C=O) groups is 1. The van der Waals surface area contributed by atoms with Crippen LogP contribution in [0.25, 0.3) is 0 Å². The second-order valence-corrected chi connectivity index (χ2v) is 4.63. The molecule has 5 heteroatoms. The van der Waals surface area contributed by atoms with Crippen LogP contribution in [0.5, 0.6) is 0 Å². The first-order chi connectivity index (χ1) is 8.70. The van der Waals surface area contributed by atoms with Gasteiger partial charge in [0.25, 0.3) is 5.91 Å². The van der Waals surface area contributed by atoms with E-state index in [1.807, 2.05) is 24.1 Å². The lowest BCUT2D eigenvalue weighted by molar-refractivity contribution is 0.0762. The average Bonchev–Trinajstić information content (AvgIpc) is 2.63. The number of anilines is 1. The molecule has 1 aliphatic heterocycles. The van der Waals surface area contributed by atoms with Gasteiger partial charge in [-0.05, 0) is 32.1 Å². The maximum atomic E-state index is 12.3. The lowest BCUT2D eigenvalue weighted by atomic mass is 10.2. The summed E-state index contributed by atoms with van der Waals surface area (Å²) in [6.07, 6.45) is 2.67. The zero-order valence-corrected chi connectivity index (χ0v) is 11.0. The van der Waals surface area contributed by atoms with E-state index >= 15 is 0 Å². The second kappa shape index (κ2) is 5.82. The van der Waals surface area contributed by atoms with E-state index in [0.29, 0.717) is 5.56 Å². The normalized spacial score (nSPS) is 17.3. The molecule has 5 nitrogen and oxygen atoms in total. The Kier molecular flexibility index (Phi) is 4.15. The molecule has 0 aliphatic carbocycles. The molecular formula is C13H20N4O. The van der Waals surface area contributed by atoms with Crippen LogP contribution in [-0.2, 0) is 0 Å². The highest BCUT2D eigenvalue weighted by atomic mass is 16.2. The fourth-order valence-corrected chi connectivity index (χ4v) is 2.10. The third-order valence-electron chi connectivity index (χ3n) is 3.27. The minimum Gasteiger partial charge on any atom is -0.373 e. The van der Waals surface area contributed by atoms with Gasteiger partial charge in [-0.25, -0.2) is 4.98 Å². The van der Waals surface area contributed by atoms with Crippen LogP contribution in [0.4, 0.5) is 5.82 Å². The van der Waals surface area contributed by atoms with Crippen molar-refractivity contribution in [3.05, 3.63) is 23.9 Å². The van der Waals surface area contributed by atoms with E-state index in [1.165, 1.54) is 0 Å². The van der Waals surface area contributed by atoms with Gasteiger partial charge in [-0.15, -0.1) is 0 Å². The molecule has 1 aliphatic rings. The third kappa shape index (κ3) is 2.98. The standard InChI is InChI=1S/C13H20N4O/c1-14-12-5-4-11(10-15-12)13(18)17-7-3-6-16(2)8-9-17/h4-5,10H,3,6-9H2,1-2H3,(H,14,15). The van der Waals surface area contributed by atoms with Crippen molar-refractivity contribution < 1.29 is 4.79 Å². The maximum Gasteiger partial charge on any atom is 0.255 e. The Morgan fingerprint density at radius 3 is 2.78 bits per heavy atom. The summed E-state index contributed by atoms with van der Waals surface area (Å²) in [5.74, 6) is 0.864. The quantitative estimate of drug-likeness (QED) is 0.845. The van der Waals surface area contributed by atoms with Gasteiger partial charge in [-0.1, -0.05) is 0 Å². The SMILES string of the molecule is CNc1ccc(C(=O)N2CCCN(C)CC2)cn1. The fourth-order valence-electron chi connectivity index (χ4n) is 2.10. The highest BCUT2D eigenvalue weighted by molar-refractivity contribution is 5.94. The van der Waals surface area contributed by atoms with Crippen molar-refractivity contribution in [2.24, 2.45) is 0 Å². The largest absolute Gasteiger partial charge is 0.373 e. The smallest absolute Gasteiger partial charge is 0.255 e. The second-order valence-electron chi connectivity index (χ2n) is 4.63. The lowest BCUT2D eigenvalue weighted by Crippen LogP contribution is -2.34. The third-order valence-corrected chi connectivity index (χ3v) is 3.27. The molecule has 2 heterocycles. The Bertz CT molecular complexity index is 404. The van der Waals surface area contributed by atoms with Crippen LogP contribution in [-0.4, -0.2) is 61.0 Å². The lowest BCUT2D eigenvalue weighted by Gasteiger charge is -2.20. The zero-order valence-electron chi connectivity index (χ0n) is 11.0. The van der Waals surface area contributed by atoms with Gasteiger partial charge in [0.05, 0.1) is 5.56 Å². The molecule has 1 N–H and O–H groups in total. The summed E-state index contributed by atoms with van der Waals surface area (Å²) < 4.78 is 0. The van der Waals surface area contributed by atoms with Crippen molar-refractivity contribution in [3.8, 4) is 0 Å². The van der Waals surface area contributed by atoms with E-state index in [2.05, 4.69) is 22.2 Å². The number of amides is 1. The molecule has 0 atom stereocenters. The summed E-state index contributed by atoms with van der Waals surface area (Å²) in [4.78, 5) is 20.7. The fraction of sp³-hybridized carbons (Fsp3) is 0.538. The van der Waals surface area contributed by atoms with Gasteiger partial charge in [0, 0.05) is 32.9 Å². The highest BCUT2D eigenvalue weighted by Gasteiger charge is 2.18. The van der Waals surface area contributed by atoms with E-state index in [-0.39, 0.29) is 5.91 Å². The van der Waals surface area contributed by atoms with Crippen LogP contribution >= 0.6 is 0 Å². The van der Waals surface area contributed by atoms with Crippen molar-refractivity contribution in [2.45, 2.75) is 6.42 Å². The Labute approximate surface area is 108 Å². The molecule has 0 saturated carbocycles. The summed E-state index contributed by atoms with van der Waals surface area (Å²) in [6.45, 7) is 3.62. The summed E-state index contributed by atoms with van der Waals surface area (Å²) in [6, 6.07) is 3.66. The van der Waals surface area contributed by atoms with E-state index in [4.69, 9.17) is 0 Å². The van der Waals surface area contributed by atoms with Crippen molar-refractivity contribution in [1.29, 1.82) is 0 Å². The number of hydrogen-bond donors (Lipinski definition) is 1. The minimum absolute atomic E-state index is 0.0838. The maximum absolute atomic E-state index is 12.3. The van der Waals surface area contributed by atoms with E-state index < -0.39 is 0 Å². The molecule has 1 fully saturated rings. The molecule has 0 aromatic carbocycles. The number of carbonyl (C=O) groups excluding carboxylic acids is 1. The predicted octanol–water partition coefficient (Wildman–Crippen LogP) is 0.901. The first-order valence-corrected chi connectivity index (χ1v) is 6.32. The Hall–Kier alpha value is -1.62. The molecule has 0 unspecified atom stereocenters. The number of likely N-dealkylation sites (N-methyl/N-ethyl adjacent to an activating group) is 1. The molecule has 98 valence electrons. The van der Waals surface area contributed by atoms with Gasteiger partial charge in [0.2, 0.25) is 0 Å². The minimum atomic E-state index is 0.0838. The van der Waals surface area contributed by atoms with Gasteiger partial charge < -0.3 is 15.1 Å². The first kappa shape index (κ1) is 12.8. The molecule has 1 saturated heterocycles. The topological polar surface area (TPSA) is 48.5 Å². The first-order valence-electron chi connectivity index (χ1n) is 6.32. The number of rotatable bonds is 2. The number of pyridine rings is 1. The monoisotopic (exact) mass is 248 g/mol. The molecule has 2 rings (SSSR count). The average molecular weight is 248 g/mol. The number of nitrogens with one attached hydrogen (secondary N) is 1. The van der Waals surface area contributed by atoms with Crippen LogP contribution in [0, 0.1) is 0 Å². The molecule has 1 aromatic rings. The Balaban J connectivity index is 2.05. The molecule has 0 spiro atoms. The van der Waals surface area contributed by atoms with Crippen molar-refractivity contribution in [1.82, 2.24) is 14.8 Å². The van der Waals surface area contributed by atoms with Gasteiger partial charge in [0.1, 0.15) is 5.82 Å². The van der Waals surface area contributed by atoms with Gasteiger partial charge in [0.15, 0.2) is 0 Å². The molecule has 1 amide bonds. The van der Waals surface area contributed by atoms with Crippen LogP contribution in [0.1, 0.15) is 16.8 Å².